The van der Waals surface area contributed by atoms with Gasteiger partial charge in [-0.2, -0.15) is 0 Å². The Bertz CT molecular complexity index is 447. The number of carbonyl (C=O) groups excluding carboxylic acids is 1. The number of halogens is 1. The number of hydrogen-bond donors (Lipinski definition) is 1. The number of nitrogens with one attached hydrogen (secondary N) is 1. The van der Waals surface area contributed by atoms with Gasteiger partial charge in [-0.1, -0.05) is 11.6 Å². The molecule has 0 unspecified atom stereocenters. The average Bonchev–Trinajstić information content (AvgIpc) is 2.46. The van der Waals surface area contributed by atoms with Crippen molar-refractivity contribution in [3.8, 4) is 0 Å². The third-order valence-corrected chi connectivity index (χ3v) is 3.80. The van der Waals surface area contributed by atoms with Crippen molar-refractivity contribution < 1.29 is 4.79 Å². The summed E-state index contributed by atoms with van der Waals surface area (Å²) in [6, 6.07) is 1.70. The van der Waals surface area contributed by atoms with Crippen LogP contribution in [0.4, 0.5) is 5.69 Å². The minimum Gasteiger partial charge on any atom is -0.384 e. The molecule has 0 amide bonds. The van der Waals surface area contributed by atoms with E-state index in [2.05, 4.69) is 27.1 Å². The molecule has 0 aromatic carbocycles. The van der Waals surface area contributed by atoms with Gasteiger partial charge in [-0.15, -0.1) is 0 Å². The standard InChI is InChI=1S/C14H21ClN4O/c1-18-5-7-19(8-6-18)4-2-3-16-13-9-14(15)17-10-12(13)11-20/h9-11H,2-8H2,1H3,(H,16,17). The highest BCUT2D eigenvalue weighted by molar-refractivity contribution is 6.29. The van der Waals surface area contributed by atoms with E-state index in [4.69, 9.17) is 11.6 Å². The van der Waals surface area contributed by atoms with Crippen LogP contribution in [0, 0.1) is 0 Å². The van der Waals surface area contributed by atoms with Gasteiger partial charge in [0.25, 0.3) is 0 Å². The zero-order valence-electron chi connectivity index (χ0n) is 11.8. The Balaban J connectivity index is 1.73. The molecule has 1 aromatic rings. The van der Waals surface area contributed by atoms with Crippen LogP contribution in [0.25, 0.3) is 0 Å². The molecule has 0 radical (unpaired) electrons. The van der Waals surface area contributed by atoms with E-state index in [1.165, 1.54) is 6.20 Å². The van der Waals surface area contributed by atoms with E-state index in [1.807, 2.05) is 0 Å². The van der Waals surface area contributed by atoms with Crippen LogP contribution in [0.3, 0.4) is 0 Å². The molecule has 110 valence electrons. The summed E-state index contributed by atoms with van der Waals surface area (Å²) in [4.78, 5) is 19.6. The van der Waals surface area contributed by atoms with E-state index in [-0.39, 0.29) is 0 Å². The molecular weight excluding hydrogens is 276 g/mol. The molecule has 2 heterocycles. The van der Waals surface area contributed by atoms with Crippen LogP contribution in [0.2, 0.25) is 5.15 Å². The average molecular weight is 297 g/mol. The normalized spacial score (nSPS) is 17.1. The van der Waals surface area contributed by atoms with Gasteiger partial charge in [0.05, 0.1) is 5.56 Å². The Hall–Kier alpha value is -1.17. The van der Waals surface area contributed by atoms with Gasteiger partial charge in [0.2, 0.25) is 0 Å². The maximum atomic E-state index is 10.9. The van der Waals surface area contributed by atoms with Crippen molar-refractivity contribution in [2.75, 3.05) is 51.6 Å². The number of aldehydes is 1. The highest BCUT2D eigenvalue weighted by atomic mass is 35.5. The number of rotatable bonds is 6. The fourth-order valence-corrected chi connectivity index (χ4v) is 2.44. The molecule has 0 atom stereocenters. The minimum atomic E-state index is 0.400. The summed E-state index contributed by atoms with van der Waals surface area (Å²) in [6.45, 7) is 6.46. The predicted molar refractivity (Wildman–Crippen MR) is 81.7 cm³/mol. The van der Waals surface area contributed by atoms with Crippen molar-refractivity contribution in [3.63, 3.8) is 0 Å². The van der Waals surface area contributed by atoms with Crippen LogP contribution >= 0.6 is 11.6 Å². The van der Waals surface area contributed by atoms with Crippen molar-refractivity contribution in [1.82, 2.24) is 14.8 Å². The first-order chi connectivity index (χ1) is 9.69. The third kappa shape index (κ3) is 4.44. The van der Waals surface area contributed by atoms with Crippen LogP contribution in [0.5, 0.6) is 0 Å². The lowest BCUT2D eigenvalue weighted by atomic mass is 10.2. The third-order valence-electron chi connectivity index (χ3n) is 3.59. The van der Waals surface area contributed by atoms with Crippen LogP contribution in [0.15, 0.2) is 12.3 Å². The highest BCUT2D eigenvalue weighted by Gasteiger charge is 2.12. The topological polar surface area (TPSA) is 48.5 Å². The molecule has 1 fully saturated rings. The largest absolute Gasteiger partial charge is 0.384 e. The van der Waals surface area contributed by atoms with E-state index < -0.39 is 0 Å². The number of pyridine rings is 1. The van der Waals surface area contributed by atoms with Crippen LogP contribution in [-0.2, 0) is 0 Å². The zero-order chi connectivity index (χ0) is 14.4. The fourth-order valence-electron chi connectivity index (χ4n) is 2.28. The quantitative estimate of drug-likeness (QED) is 0.491. The Morgan fingerprint density at radius 1 is 1.40 bits per heavy atom. The second-order valence-electron chi connectivity index (χ2n) is 5.14. The minimum absolute atomic E-state index is 0.400. The van der Waals surface area contributed by atoms with Gasteiger partial charge in [-0.25, -0.2) is 4.98 Å². The molecule has 0 saturated carbocycles. The molecule has 20 heavy (non-hydrogen) atoms. The van der Waals surface area contributed by atoms with Gasteiger partial charge in [0.1, 0.15) is 5.15 Å². The summed E-state index contributed by atoms with van der Waals surface area (Å²) in [5.74, 6) is 0. The molecular formula is C14H21ClN4O. The van der Waals surface area contributed by atoms with E-state index in [1.54, 1.807) is 6.07 Å². The van der Waals surface area contributed by atoms with Crippen molar-refractivity contribution in [3.05, 3.63) is 23.0 Å². The fraction of sp³-hybridized carbons (Fsp3) is 0.571. The summed E-state index contributed by atoms with van der Waals surface area (Å²) in [5.41, 5.74) is 1.31. The molecule has 1 N–H and O–H groups in total. The summed E-state index contributed by atoms with van der Waals surface area (Å²) in [5, 5.41) is 3.66. The Labute approximate surface area is 124 Å². The van der Waals surface area contributed by atoms with Crippen LogP contribution in [0.1, 0.15) is 16.8 Å². The van der Waals surface area contributed by atoms with E-state index >= 15 is 0 Å². The maximum absolute atomic E-state index is 10.9. The van der Waals surface area contributed by atoms with E-state index in [0.29, 0.717) is 10.7 Å². The number of anilines is 1. The van der Waals surface area contributed by atoms with Gasteiger partial charge >= 0.3 is 0 Å². The summed E-state index contributed by atoms with van der Waals surface area (Å²) in [6.07, 6.45) is 3.34. The lowest BCUT2D eigenvalue weighted by Gasteiger charge is -2.32. The molecule has 5 nitrogen and oxygen atoms in total. The lowest BCUT2D eigenvalue weighted by molar-refractivity contribution is 0.112. The first-order valence-electron chi connectivity index (χ1n) is 6.94. The zero-order valence-corrected chi connectivity index (χ0v) is 12.6. The number of nitrogens with zero attached hydrogens (tertiary/aromatic N) is 3. The van der Waals surface area contributed by atoms with Gasteiger partial charge in [-0.3, -0.25) is 4.79 Å². The van der Waals surface area contributed by atoms with Crippen molar-refractivity contribution in [1.29, 1.82) is 0 Å². The molecule has 1 aromatic heterocycles. The number of hydrogen-bond acceptors (Lipinski definition) is 5. The smallest absolute Gasteiger partial charge is 0.153 e. The van der Waals surface area contributed by atoms with Gasteiger partial charge in [-0.05, 0) is 26.1 Å². The van der Waals surface area contributed by atoms with Crippen molar-refractivity contribution in [2.24, 2.45) is 0 Å². The summed E-state index contributed by atoms with van der Waals surface area (Å²) in [7, 11) is 2.16. The highest BCUT2D eigenvalue weighted by Crippen LogP contribution is 2.17. The second kappa shape index (κ2) is 7.57. The number of likely N-dealkylation sites (N-methyl/N-ethyl adjacent to an activating group) is 1. The second-order valence-corrected chi connectivity index (χ2v) is 5.52. The maximum Gasteiger partial charge on any atom is 0.153 e. The molecule has 1 aliphatic heterocycles. The van der Waals surface area contributed by atoms with E-state index in [0.717, 1.165) is 57.7 Å². The molecule has 0 aliphatic carbocycles. The number of carbonyl (C=O) groups is 1. The molecule has 0 spiro atoms. The van der Waals surface area contributed by atoms with Gasteiger partial charge in [0.15, 0.2) is 6.29 Å². The first-order valence-corrected chi connectivity index (χ1v) is 7.32. The molecule has 2 rings (SSSR count). The SMILES string of the molecule is CN1CCN(CCCNc2cc(Cl)ncc2C=O)CC1. The summed E-state index contributed by atoms with van der Waals surface area (Å²) >= 11 is 5.84. The molecule has 1 aliphatic rings. The van der Waals surface area contributed by atoms with Crippen LogP contribution < -0.4 is 5.32 Å². The molecule has 0 bridgehead atoms. The van der Waals surface area contributed by atoms with Crippen LogP contribution in [-0.4, -0.2) is 67.4 Å². The molecule has 6 heteroatoms. The van der Waals surface area contributed by atoms with E-state index in [9.17, 15) is 4.79 Å². The summed E-state index contributed by atoms with van der Waals surface area (Å²) < 4.78 is 0. The van der Waals surface area contributed by atoms with Gasteiger partial charge in [0, 0.05) is 44.6 Å². The van der Waals surface area contributed by atoms with Gasteiger partial charge < -0.3 is 15.1 Å². The Morgan fingerprint density at radius 3 is 2.85 bits per heavy atom. The Morgan fingerprint density at radius 2 is 2.15 bits per heavy atom. The number of aromatic nitrogens is 1. The number of piperazine rings is 1. The monoisotopic (exact) mass is 296 g/mol. The van der Waals surface area contributed by atoms with Crippen molar-refractivity contribution in [2.45, 2.75) is 6.42 Å². The predicted octanol–water partition coefficient (Wildman–Crippen LogP) is 1.60. The first kappa shape index (κ1) is 15.2. The Kier molecular flexibility index (Phi) is 5.76. The lowest BCUT2D eigenvalue weighted by Crippen LogP contribution is -2.44. The van der Waals surface area contributed by atoms with Crippen molar-refractivity contribution >= 4 is 23.6 Å². The molecule has 1 saturated heterocycles.